The Bertz CT molecular complexity index is 497. The topological polar surface area (TPSA) is 102 Å². The van der Waals surface area contributed by atoms with Crippen molar-refractivity contribution in [3.8, 4) is 0 Å². The van der Waals surface area contributed by atoms with E-state index in [4.69, 9.17) is 14.6 Å². The highest BCUT2D eigenvalue weighted by Crippen LogP contribution is 2.29. The van der Waals surface area contributed by atoms with Crippen molar-refractivity contribution in [1.82, 2.24) is 0 Å². The van der Waals surface area contributed by atoms with Gasteiger partial charge in [-0.1, -0.05) is 0 Å². The minimum absolute atomic E-state index is 0.00423. The smallest absolute Gasteiger partial charge is 0.335 e. The van der Waals surface area contributed by atoms with Crippen LogP contribution in [0, 0.1) is 10.1 Å². The summed E-state index contributed by atoms with van der Waals surface area (Å²) in [7, 11) is 3.05. The summed E-state index contributed by atoms with van der Waals surface area (Å²) in [6.07, 6.45) is 0. The van der Waals surface area contributed by atoms with E-state index in [0.717, 1.165) is 0 Å². The molecule has 1 aromatic carbocycles. The lowest BCUT2D eigenvalue weighted by Crippen LogP contribution is -2.31. The van der Waals surface area contributed by atoms with Crippen molar-refractivity contribution >= 4 is 17.3 Å². The average Bonchev–Trinajstić information content (AvgIpc) is 2.46. The SMILES string of the molecule is COCCN(CCOC)c1cc(C(=O)O)ccc1[N+](=O)[O-]. The number of hydrogen-bond acceptors (Lipinski definition) is 6. The van der Waals surface area contributed by atoms with Crippen LogP contribution in [0.1, 0.15) is 10.4 Å². The number of anilines is 1. The third-order valence-corrected chi connectivity index (χ3v) is 2.89. The molecule has 0 heterocycles. The first kappa shape index (κ1) is 16.9. The van der Waals surface area contributed by atoms with Gasteiger partial charge in [0, 0.05) is 33.4 Å². The normalized spacial score (nSPS) is 10.4. The average molecular weight is 298 g/mol. The van der Waals surface area contributed by atoms with E-state index < -0.39 is 10.9 Å². The van der Waals surface area contributed by atoms with Crippen LogP contribution in [0.4, 0.5) is 11.4 Å². The second-order valence-electron chi connectivity index (χ2n) is 4.24. The van der Waals surface area contributed by atoms with E-state index in [2.05, 4.69) is 0 Å². The van der Waals surface area contributed by atoms with Gasteiger partial charge in [0.15, 0.2) is 0 Å². The molecule has 0 aromatic heterocycles. The monoisotopic (exact) mass is 298 g/mol. The number of ether oxygens (including phenoxy) is 2. The molecule has 0 saturated carbocycles. The highest BCUT2D eigenvalue weighted by Gasteiger charge is 2.21. The molecule has 0 atom stereocenters. The zero-order valence-corrected chi connectivity index (χ0v) is 11.9. The summed E-state index contributed by atoms with van der Waals surface area (Å²) in [6, 6.07) is 3.71. The molecular weight excluding hydrogens is 280 g/mol. The lowest BCUT2D eigenvalue weighted by molar-refractivity contribution is -0.384. The van der Waals surface area contributed by atoms with E-state index in [-0.39, 0.29) is 16.9 Å². The highest BCUT2D eigenvalue weighted by atomic mass is 16.6. The maximum atomic E-state index is 11.1. The number of hydrogen-bond donors (Lipinski definition) is 1. The quantitative estimate of drug-likeness (QED) is 0.543. The third-order valence-electron chi connectivity index (χ3n) is 2.89. The summed E-state index contributed by atoms with van der Waals surface area (Å²) < 4.78 is 9.97. The van der Waals surface area contributed by atoms with Crippen LogP contribution in [-0.2, 0) is 9.47 Å². The number of rotatable bonds is 9. The molecule has 8 nitrogen and oxygen atoms in total. The van der Waals surface area contributed by atoms with Gasteiger partial charge in [-0.3, -0.25) is 10.1 Å². The van der Waals surface area contributed by atoms with Gasteiger partial charge in [-0.2, -0.15) is 0 Å². The fourth-order valence-electron chi connectivity index (χ4n) is 1.82. The molecule has 1 N–H and O–H groups in total. The zero-order valence-electron chi connectivity index (χ0n) is 11.9. The molecule has 0 fully saturated rings. The predicted molar refractivity (Wildman–Crippen MR) is 76.0 cm³/mol. The van der Waals surface area contributed by atoms with Crippen molar-refractivity contribution in [2.24, 2.45) is 0 Å². The van der Waals surface area contributed by atoms with Gasteiger partial charge in [0.1, 0.15) is 5.69 Å². The second kappa shape index (κ2) is 8.18. The van der Waals surface area contributed by atoms with E-state index in [1.165, 1.54) is 32.4 Å². The zero-order chi connectivity index (χ0) is 15.8. The first-order valence-electron chi connectivity index (χ1n) is 6.25. The Morgan fingerprint density at radius 2 is 1.86 bits per heavy atom. The number of carbonyl (C=O) groups is 1. The number of carboxylic acids is 1. The summed E-state index contributed by atoms with van der Waals surface area (Å²) in [5.41, 5.74) is 0.0941. The Morgan fingerprint density at radius 1 is 1.29 bits per heavy atom. The summed E-state index contributed by atoms with van der Waals surface area (Å²) in [5.74, 6) is -1.13. The fourth-order valence-corrected chi connectivity index (χ4v) is 1.82. The van der Waals surface area contributed by atoms with Crippen molar-refractivity contribution in [2.75, 3.05) is 45.4 Å². The van der Waals surface area contributed by atoms with Gasteiger partial charge >= 0.3 is 5.97 Å². The lowest BCUT2D eigenvalue weighted by atomic mass is 10.1. The lowest BCUT2D eigenvalue weighted by Gasteiger charge is -2.24. The van der Waals surface area contributed by atoms with Crippen LogP contribution < -0.4 is 4.90 Å². The van der Waals surface area contributed by atoms with Crippen LogP contribution >= 0.6 is 0 Å². The van der Waals surface area contributed by atoms with Crippen LogP contribution in [-0.4, -0.2) is 56.5 Å². The first-order valence-corrected chi connectivity index (χ1v) is 6.25. The van der Waals surface area contributed by atoms with Gasteiger partial charge in [0.2, 0.25) is 0 Å². The molecule has 0 spiro atoms. The Balaban J connectivity index is 3.19. The molecule has 0 unspecified atom stereocenters. The minimum atomic E-state index is -1.13. The molecule has 0 radical (unpaired) electrons. The molecule has 0 amide bonds. The Hall–Kier alpha value is -2.19. The molecule has 1 rings (SSSR count). The van der Waals surface area contributed by atoms with E-state index in [1.807, 2.05) is 0 Å². The maximum Gasteiger partial charge on any atom is 0.335 e. The van der Waals surface area contributed by atoms with Crippen LogP contribution in [0.2, 0.25) is 0 Å². The van der Waals surface area contributed by atoms with Crippen molar-refractivity contribution in [3.63, 3.8) is 0 Å². The number of benzene rings is 1. The number of methoxy groups -OCH3 is 2. The predicted octanol–water partition coefficient (Wildman–Crippen LogP) is 1.39. The Labute approximate surface area is 122 Å². The van der Waals surface area contributed by atoms with Crippen LogP contribution in [0.5, 0.6) is 0 Å². The Kier molecular flexibility index (Phi) is 6.57. The summed E-state index contributed by atoms with van der Waals surface area (Å²) in [4.78, 5) is 23.3. The molecule has 21 heavy (non-hydrogen) atoms. The van der Waals surface area contributed by atoms with Gasteiger partial charge in [-0.05, 0) is 12.1 Å². The number of carboxylic acid groups (broad SMARTS) is 1. The van der Waals surface area contributed by atoms with Crippen LogP contribution in [0.3, 0.4) is 0 Å². The van der Waals surface area contributed by atoms with E-state index in [9.17, 15) is 14.9 Å². The molecule has 1 aromatic rings. The molecule has 0 bridgehead atoms. The molecule has 0 saturated heterocycles. The van der Waals surface area contributed by atoms with E-state index >= 15 is 0 Å². The summed E-state index contributed by atoms with van der Waals surface area (Å²) in [5, 5.41) is 20.2. The fraction of sp³-hybridized carbons (Fsp3) is 0.462. The Morgan fingerprint density at radius 3 is 2.29 bits per heavy atom. The molecule has 8 heteroatoms. The van der Waals surface area contributed by atoms with Crippen molar-refractivity contribution in [1.29, 1.82) is 0 Å². The molecule has 0 aliphatic carbocycles. The largest absolute Gasteiger partial charge is 0.478 e. The third kappa shape index (κ3) is 4.69. The molecule has 116 valence electrons. The second-order valence-corrected chi connectivity index (χ2v) is 4.24. The maximum absolute atomic E-state index is 11.1. The van der Waals surface area contributed by atoms with Gasteiger partial charge in [0.25, 0.3) is 5.69 Å². The number of nitro benzene ring substituents is 1. The van der Waals surface area contributed by atoms with Crippen molar-refractivity contribution in [3.05, 3.63) is 33.9 Å². The first-order chi connectivity index (χ1) is 10.0. The van der Waals surface area contributed by atoms with Crippen LogP contribution in [0.25, 0.3) is 0 Å². The van der Waals surface area contributed by atoms with Gasteiger partial charge in [-0.25, -0.2) is 4.79 Å². The van der Waals surface area contributed by atoms with Crippen molar-refractivity contribution < 1.29 is 24.3 Å². The molecule has 0 aliphatic heterocycles. The molecule has 0 aliphatic rings. The van der Waals surface area contributed by atoms with Crippen LogP contribution in [0.15, 0.2) is 18.2 Å². The van der Waals surface area contributed by atoms with Gasteiger partial charge < -0.3 is 19.5 Å². The van der Waals surface area contributed by atoms with Gasteiger partial charge in [0.05, 0.1) is 23.7 Å². The number of nitro groups is 1. The number of nitrogens with zero attached hydrogens (tertiary/aromatic N) is 2. The van der Waals surface area contributed by atoms with E-state index in [1.54, 1.807) is 4.90 Å². The molecular formula is C13H18N2O6. The van der Waals surface area contributed by atoms with E-state index in [0.29, 0.717) is 26.3 Å². The standard InChI is InChI=1S/C13H18N2O6/c1-20-7-5-14(6-8-21-2)12-9-10(13(16)17)3-4-11(12)15(18)19/h3-4,9H,5-8H2,1-2H3,(H,16,17). The van der Waals surface area contributed by atoms with Gasteiger partial charge in [-0.15, -0.1) is 0 Å². The highest BCUT2D eigenvalue weighted by molar-refractivity contribution is 5.90. The minimum Gasteiger partial charge on any atom is -0.478 e. The summed E-state index contributed by atoms with van der Waals surface area (Å²) >= 11 is 0. The number of aromatic carboxylic acids is 1. The van der Waals surface area contributed by atoms with Crippen molar-refractivity contribution in [2.45, 2.75) is 0 Å². The summed E-state index contributed by atoms with van der Waals surface area (Å²) in [6.45, 7) is 1.50.